The van der Waals surface area contributed by atoms with Crippen molar-refractivity contribution in [2.75, 3.05) is 33.4 Å². The van der Waals surface area contributed by atoms with Gasteiger partial charge in [-0.3, -0.25) is 9.59 Å². The molecule has 2 heterocycles. The van der Waals surface area contributed by atoms with E-state index >= 15 is 0 Å². The lowest BCUT2D eigenvalue weighted by atomic mass is 9.96. The number of ether oxygens (including phenoxy) is 2. The van der Waals surface area contributed by atoms with Crippen LogP contribution in [0.15, 0.2) is 18.2 Å². The Hall–Kier alpha value is -2.24. The SMILES string of the molecule is COc1ccc2c(c1)OC[C@H](CNC(=O)CCCN1CCCC1=O)C2. The van der Waals surface area contributed by atoms with Crippen molar-refractivity contribution < 1.29 is 19.1 Å². The van der Waals surface area contributed by atoms with Crippen molar-refractivity contribution in [1.82, 2.24) is 10.2 Å². The highest BCUT2D eigenvalue weighted by atomic mass is 16.5. The highest BCUT2D eigenvalue weighted by molar-refractivity contribution is 5.78. The number of hydrogen-bond donors (Lipinski definition) is 1. The smallest absolute Gasteiger partial charge is 0.222 e. The first-order valence-corrected chi connectivity index (χ1v) is 9.00. The predicted molar refractivity (Wildman–Crippen MR) is 93.7 cm³/mol. The molecular formula is C19H26N2O4. The molecule has 2 aliphatic heterocycles. The van der Waals surface area contributed by atoms with Crippen LogP contribution in [-0.4, -0.2) is 50.1 Å². The fraction of sp³-hybridized carbons (Fsp3) is 0.579. The van der Waals surface area contributed by atoms with E-state index < -0.39 is 0 Å². The van der Waals surface area contributed by atoms with Gasteiger partial charge in [0.1, 0.15) is 11.5 Å². The van der Waals surface area contributed by atoms with E-state index in [-0.39, 0.29) is 17.7 Å². The van der Waals surface area contributed by atoms with E-state index in [4.69, 9.17) is 9.47 Å². The maximum atomic E-state index is 12.0. The van der Waals surface area contributed by atoms with Crippen LogP contribution in [0.4, 0.5) is 0 Å². The fourth-order valence-corrected chi connectivity index (χ4v) is 3.39. The van der Waals surface area contributed by atoms with Crippen LogP contribution in [0.25, 0.3) is 0 Å². The van der Waals surface area contributed by atoms with Crippen molar-refractivity contribution in [2.24, 2.45) is 5.92 Å². The quantitative estimate of drug-likeness (QED) is 0.817. The van der Waals surface area contributed by atoms with E-state index in [1.807, 2.05) is 23.1 Å². The molecule has 136 valence electrons. The first-order chi connectivity index (χ1) is 12.2. The Morgan fingerprint density at radius 2 is 2.32 bits per heavy atom. The van der Waals surface area contributed by atoms with Gasteiger partial charge in [-0.25, -0.2) is 0 Å². The van der Waals surface area contributed by atoms with Crippen LogP contribution >= 0.6 is 0 Å². The Bertz CT molecular complexity index is 632. The number of carbonyl (C=O) groups is 2. The zero-order valence-corrected chi connectivity index (χ0v) is 14.8. The molecule has 0 aromatic heterocycles. The van der Waals surface area contributed by atoms with Crippen LogP contribution in [0.2, 0.25) is 0 Å². The van der Waals surface area contributed by atoms with Gasteiger partial charge in [0, 0.05) is 44.5 Å². The average Bonchev–Trinajstić information content (AvgIpc) is 3.04. The lowest BCUT2D eigenvalue weighted by Gasteiger charge is -2.26. The summed E-state index contributed by atoms with van der Waals surface area (Å²) in [7, 11) is 1.64. The second-order valence-corrected chi connectivity index (χ2v) is 6.75. The van der Waals surface area contributed by atoms with Crippen molar-refractivity contribution in [3.63, 3.8) is 0 Å². The Morgan fingerprint density at radius 3 is 3.08 bits per heavy atom. The minimum absolute atomic E-state index is 0.0483. The average molecular weight is 346 g/mol. The van der Waals surface area contributed by atoms with Gasteiger partial charge in [-0.05, 0) is 30.9 Å². The van der Waals surface area contributed by atoms with Crippen LogP contribution < -0.4 is 14.8 Å². The van der Waals surface area contributed by atoms with Crippen molar-refractivity contribution in [3.8, 4) is 11.5 Å². The van der Waals surface area contributed by atoms with E-state index in [1.54, 1.807) is 7.11 Å². The summed E-state index contributed by atoms with van der Waals surface area (Å²) in [6, 6.07) is 5.86. The zero-order valence-electron chi connectivity index (χ0n) is 14.8. The zero-order chi connectivity index (χ0) is 17.6. The van der Waals surface area contributed by atoms with Gasteiger partial charge < -0.3 is 19.7 Å². The highest BCUT2D eigenvalue weighted by Gasteiger charge is 2.22. The molecule has 6 nitrogen and oxygen atoms in total. The number of hydrogen-bond acceptors (Lipinski definition) is 4. The minimum Gasteiger partial charge on any atom is -0.497 e. The molecule has 1 N–H and O–H groups in total. The normalized spacial score (nSPS) is 19.3. The maximum Gasteiger partial charge on any atom is 0.222 e. The van der Waals surface area contributed by atoms with Gasteiger partial charge >= 0.3 is 0 Å². The van der Waals surface area contributed by atoms with Crippen molar-refractivity contribution >= 4 is 11.8 Å². The number of amides is 2. The van der Waals surface area contributed by atoms with Crippen LogP contribution in [0.3, 0.4) is 0 Å². The second kappa shape index (κ2) is 8.23. The number of nitrogens with zero attached hydrogens (tertiary/aromatic N) is 1. The molecular weight excluding hydrogens is 320 g/mol. The summed E-state index contributed by atoms with van der Waals surface area (Å²) in [5, 5.41) is 3.00. The number of rotatable bonds is 7. The monoisotopic (exact) mass is 346 g/mol. The van der Waals surface area contributed by atoms with E-state index in [0.29, 0.717) is 32.5 Å². The van der Waals surface area contributed by atoms with Crippen LogP contribution in [-0.2, 0) is 16.0 Å². The number of benzene rings is 1. The molecule has 2 amide bonds. The third kappa shape index (κ3) is 4.65. The van der Waals surface area contributed by atoms with Gasteiger partial charge in [0.05, 0.1) is 13.7 Å². The molecule has 0 bridgehead atoms. The molecule has 1 saturated heterocycles. The Kier molecular flexibility index (Phi) is 5.79. The van der Waals surface area contributed by atoms with Gasteiger partial charge in [0.15, 0.2) is 0 Å². The topological polar surface area (TPSA) is 67.9 Å². The van der Waals surface area contributed by atoms with E-state index in [2.05, 4.69) is 5.32 Å². The summed E-state index contributed by atoms with van der Waals surface area (Å²) in [5.74, 6) is 2.21. The van der Waals surface area contributed by atoms with Crippen LogP contribution in [0, 0.1) is 5.92 Å². The number of methoxy groups -OCH3 is 1. The summed E-state index contributed by atoms with van der Waals surface area (Å²) >= 11 is 0. The molecule has 1 fully saturated rings. The van der Waals surface area contributed by atoms with Crippen LogP contribution in [0.5, 0.6) is 11.5 Å². The molecule has 0 saturated carbocycles. The van der Waals surface area contributed by atoms with Gasteiger partial charge in [-0.1, -0.05) is 6.07 Å². The summed E-state index contributed by atoms with van der Waals surface area (Å²) in [6.45, 7) is 2.74. The minimum atomic E-state index is 0.0483. The van der Waals surface area contributed by atoms with Gasteiger partial charge in [-0.2, -0.15) is 0 Å². The maximum absolute atomic E-state index is 12.0. The molecule has 3 rings (SSSR count). The summed E-state index contributed by atoms with van der Waals surface area (Å²) in [4.78, 5) is 25.4. The number of nitrogens with one attached hydrogen (secondary N) is 1. The Labute approximate surface area is 148 Å². The number of likely N-dealkylation sites (tertiary alicyclic amines) is 1. The molecule has 25 heavy (non-hydrogen) atoms. The highest BCUT2D eigenvalue weighted by Crippen LogP contribution is 2.30. The van der Waals surface area contributed by atoms with Crippen LogP contribution in [0.1, 0.15) is 31.2 Å². The molecule has 1 atom stereocenters. The first kappa shape index (κ1) is 17.6. The number of carbonyl (C=O) groups excluding carboxylic acids is 2. The lowest BCUT2D eigenvalue weighted by molar-refractivity contribution is -0.128. The van der Waals surface area contributed by atoms with E-state index in [9.17, 15) is 9.59 Å². The van der Waals surface area contributed by atoms with Gasteiger partial charge in [0.25, 0.3) is 0 Å². The molecule has 6 heteroatoms. The van der Waals surface area contributed by atoms with E-state index in [1.165, 1.54) is 0 Å². The van der Waals surface area contributed by atoms with Crippen molar-refractivity contribution in [2.45, 2.75) is 32.1 Å². The van der Waals surface area contributed by atoms with Gasteiger partial charge in [-0.15, -0.1) is 0 Å². The van der Waals surface area contributed by atoms with Gasteiger partial charge in [0.2, 0.25) is 11.8 Å². The molecule has 0 radical (unpaired) electrons. The molecule has 0 spiro atoms. The second-order valence-electron chi connectivity index (χ2n) is 6.75. The third-order valence-electron chi connectivity index (χ3n) is 4.85. The Balaban J connectivity index is 1.37. The third-order valence-corrected chi connectivity index (χ3v) is 4.85. The van der Waals surface area contributed by atoms with E-state index in [0.717, 1.165) is 42.9 Å². The Morgan fingerprint density at radius 1 is 1.44 bits per heavy atom. The number of fused-ring (bicyclic) bond motifs is 1. The van der Waals surface area contributed by atoms with Crippen molar-refractivity contribution in [3.05, 3.63) is 23.8 Å². The summed E-state index contributed by atoms with van der Waals surface area (Å²) in [6.07, 6.45) is 3.68. The fourth-order valence-electron chi connectivity index (χ4n) is 3.39. The summed E-state index contributed by atoms with van der Waals surface area (Å²) in [5.41, 5.74) is 1.15. The predicted octanol–water partition coefficient (Wildman–Crippen LogP) is 1.77. The standard InChI is InChI=1S/C19H26N2O4/c1-24-16-7-6-15-10-14(13-25-17(15)11-16)12-20-18(22)4-2-8-21-9-3-5-19(21)23/h6-7,11,14H,2-5,8-10,12-13H2,1H3,(H,20,22)/t14-/m0/s1. The summed E-state index contributed by atoms with van der Waals surface area (Å²) < 4.78 is 11.0. The lowest BCUT2D eigenvalue weighted by Crippen LogP contribution is -2.35. The molecule has 0 aliphatic carbocycles. The largest absolute Gasteiger partial charge is 0.497 e. The molecule has 0 unspecified atom stereocenters. The molecule has 2 aliphatic rings. The molecule has 1 aromatic carbocycles. The first-order valence-electron chi connectivity index (χ1n) is 9.00. The molecule has 1 aromatic rings. The van der Waals surface area contributed by atoms with Crippen molar-refractivity contribution in [1.29, 1.82) is 0 Å².